The van der Waals surface area contributed by atoms with Gasteiger partial charge in [0.2, 0.25) is 0 Å². The van der Waals surface area contributed by atoms with Crippen LogP contribution in [-0.2, 0) is 0 Å². The van der Waals surface area contributed by atoms with Crippen molar-refractivity contribution in [3.05, 3.63) is 24.3 Å². The van der Waals surface area contributed by atoms with Gasteiger partial charge in [0.15, 0.2) is 0 Å². The summed E-state index contributed by atoms with van der Waals surface area (Å²) in [5.41, 5.74) is 1.29. The van der Waals surface area contributed by atoms with Crippen molar-refractivity contribution in [2.75, 3.05) is 6.54 Å². The van der Waals surface area contributed by atoms with Gasteiger partial charge in [0.25, 0.3) is 0 Å². The number of allylic oxidation sites excluding steroid dienone is 2. The lowest BCUT2D eigenvalue weighted by Crippen LogP contribution is -1.90. The molecule has 0 atom stereocenters. The van der Waals surface area contributed by atoms with Crippen molar-refractivity contribution in [1.29, 1.82) is 0 Å². The summed E-state index contributed by atoms with van der Waals surface area (Å²) in [5.74, 6) is 0. The lowest BCUT2D eigenvalue weighted by Gasteiger charge is -2.00. The number of nitrogens with zero attached hydrogens (tertiary/aromatic N) is 1. The van der Waals surface area contributed by atoms with Crippen LogP contribution in [0.15, 0.2) is 29.3 Å². The smallest absolute Gasteiger partial charge is 0.0429 e. The van der Waals surface area contributed by atoms with Crippen LogP contribution in [0.3, 0.4) is 0 Å². The van der Waals surface area contributed by atoms with Crippen LogP contribution in [0, 0.1) is 0 Å². The first kappa shape index (κ1) is 5.29. The molecule has 0 N–H and O–H groups in total. The minimum absolute atomic E-state index is 0.928. The van der Waals surface area contributed by atoms with E-state index in [2.05, 4.69) is 11.6 Å². The Morgan fingerprint density at radius 1 is 1.75 bits per heavy atom. The van der Waals surface area contributed by atoms with Gasteiger partial charge in [-0.05, 0) is 18.1 Å². The fourth-order valence-corrected chi connectivity index (χ4v) is 0.670. The molecular weight excluding hydrogens is 98.1 g/mol. The van der Waals surface area contributed by atoms with Crippen LogP contribution >= 0.6 is 0 Å². The van der Waals surface area contributed by atoms with Gasteiger partial charge in [-0.25, -0.2) is 0 Å². The molecule has 0 spiro atoms. The van der Waals surface area contributed by atoms with E-state index >= 15 is 0 Å². The van der Waals surface area contributed by atoms with Gasteiger partial charge >= 0.3 is 0 Å². The lowest BCUT2D eigenvalue weighted by atomic mass is 10.1. The van der Waals surface area contributed by atoms with E-state index in [1.165, 1.54) is 5.57 Å². The van der Waals surface area contributed by atoms with Gasteiger partial charge in [-0.3, -0.25) is 4.99 Å². The predicted octanol–water partition coefficient (Wildman–Crippen LogP) is 1.57. The average molecular weight is 107 g/mol. The van der Waals surface area contributed by atoms with E-state index in [0.717, 1.165) is 13.0 Å². The number of hydrogen-bond acceptors (Lipinski definition) is 1. The Kier molecular flexibility index (Phi) is 1.62. The molecule has 0 saturated heterocycles. The molecule has 0 aromatic heterocycles. The highest BCUT2D eigenvalue weighted by Crippen LogP contribution is 2.04. The van der Waals surface area contributed by atoms with Crippen molar-refractivity contribution in [2.24, 2.45) is 4.99 Å². The molecule has 0 aromatic carbocycles. The summed E-state index contributed by atoms with van der Waals surface area (Å²) in [4.78, 5) is 4.03. The summed E-state index contributed by atoms with van der Waals surface area (Å²) < 4.78 is 0. The van der Waals surface area contributed by atoms with Crippen molar-refractivity contribution in [3.63, 3.8) is 0 Å². The van der Waals surface area contributed by atoms with Crippen LogP contribution in [0.2, 0.25) is 0 Å². The second kappa shape index (κ2) is 2.46. The summed E-state index contributed by atoms with van der Waals surface area (Å²) in [6.07, 6.45) is 6.77. The minimum atomic E-state index is 0.928. The van der Waals surface area contributed by atoms with E-state index in [1.807, 2.05) is 18.4 Å². The molecule has 0 saturated carbocycles. The highest BCUT2D eigenvalue weighted by molar-refractivity contribution is 5.73. The highest BCUT2D eigenvalue weighted by Gasteiger charge is 1.91. The number of rotatable bonds is 1. The molecule has 0 fully saturated rings. The molecule has 0 amide bonds. The third-order valence-electron chi connectivity index (χ3n) is 1.19. The van der Waals surface area contributed by atoms with E-state index in [-0.39, 0.29) is 0 Å². The molecule has 42 valence electrons. The zero-order valence-electron chi connectivity index (χ0n) is 4.80. The second-order valence-electron chi connectivity index (χ2n) is 1.75. The molecule has 0 aromatic rings. The molecule has 1 aliphatic rings. The Morgan fingerprint density at radius 3 is 3.00 bits per heavy atom. The summed E-state index contributed by atoms with van der Waals surface area (Å²) in [7, 11) is 0. The van der Waals surface area contributed by atoms with E-state index < -0.39 is 0 Å². The normalized spacial score (nSPS) is 17.8. The van der Waals surface area contributed by atoms with Crippen molar-refractivity contribution >= 4 is 6.21 Å². The van der Waals surface area contributed by atoms with Gasteiger partial charge in [-0.2, -0.15) is 0 Å². The zero-order chi connectivity index (χ0) is 5.82. The van der Waals surface area contributed by atoms with Gasteiger partial charge < -0.3 is 0 Å². The van der Waals surface area contributed by atoms with Crippen molar-refractivity contribution in [3.8, 4) is 0 Å². The van der Waals surface area contributed by atoms with Crippen LogP contribution in [0.5, 0.6) is 0 Å². The van der Waals surface area contributed by atoms with Crippen LogP contribution in [0.25, 0.3) is 0 Å². The summed E-state index contributed by atoms with van der Waals surface area (Å²) >= 11 is 0. The molecule has 1 aliphatic heterocycles. The van der Waals surface area contributed by atoms with Gasteiger partial charge in [-0.1, -0.05) is 12.7 Å². The van der Waals surface area contributed by atoms with Crippen LogP contribution in [-0.4, -0.2) is 12.8 Å². The molecular formula is C7H9N. The molecule has 0 radical (unpaired) electrons. The molecule has 1 heterocycles. The Bertz CT molecular complexity index is 142. The maximum atomic E-state index is 4.03. The standard InChI is InChI=1S/C7H9N/c1-2-7-3-5-8-6-4-7/h2-3,5H,1,4,6H2. The second-order valence-corrected chi connectivity index (χ2v) is 1.75. The molecule has 1 rings (SSSR count). The minimum Gasteiger partial charge on any atom is -0.293 e. The van der Waals surface area contributed by atoms with Gasteiger partial charge in [-0.15, -0.1) is 0 Å². The van der Waals surface area contributed by atoms with E-state index in [1.54, 1.807) is 0 Å². The number of dihydropyridines is 1. The Balaban J connectivity index is 2.63. The third kappa shape index (κ3) is 1.06. The van der Waals surface area contributed by atoms with Crippen LogP contribution in [0.1, 0.15) is 6.42 Å². The Labute approximate surface area is 49.4 Å². The zero-order valence-corrected chi connectivity index (χ0v) is 4.80. The Morgan fingerprint density at radius 2 is 2.62 bits per heavy atom. The van der Waals surface area contributed by atoms with Crippen molar-refractivity contribution in [1.82, 2.24) is 0 Å². The van der Waals surface area contributed by atoms with Crippen molar-refractivity contribution in [2.45, 2.75) is 6.42 Å². The largest absolute Gasteiger partial charge is 0.293 e. The molecule has 1 heteroatoms. The fourth-order valence-electron chi connectivity index (χ4n) is 0.670. The summed E-state index contributed by atoms with van der Waals surface area (Å²) in [6.45, 7) is 4.58. The molecule has 0 unspecified atom stereocenters. The van der Waals surface area contributed by atoms with Gasteiger partial charge in [0, 0.05) is 12.8 Å². The first-order valence-electron chi connectivity index (χ1n) is 2.75. The summed E-state index contributed by atoms with van der Waals surface area (Å²) in [5, 5.41) is 0. The molecule has 0 bridgehead atoms. The average Bonchev–Trinajstić information content (AvgIpc) is 1.90. The summed E-state index contributed by atoms with van der Waals surface area (Å²) in [6, 6.07) is 0. The number of hydrogen-bond donors (Lipinski definition) is 0. The monoisotopic (exact) mass is 107 g/mol. The fraction of sp³-hybridized carbons (Fsp3) is 0.286. The third-order valence-corrected chi connectivity index (χ3v) is 1.19. The maximum Gasteiger partial charge on any atom is 0.0429 e. The predicted molar refractivity (Wildman–Crippen MR) is 36.3 cm³/mol. The first-order chi connectivity index (χ1) is 3.93. The van der Waals surface area contributed by atoms with E-state index in [0.29, 0.717) is 0 Å². The maximum absolute atomic E-state index is 4.03. The van der Waals surface area contributed by atoms with E-state index in [9.17, 15) is 0 Å². The topological polar surface area (TPSA) is 12.4 Å². The molecule has 8 heavy (non-hydrogen) atoms. The van der Waals surface area contributed by atoms with Gasteiger partial charge in [0.1, 0.15) is 0 Å². The quantitative estimate of drug-likeness (QED) is 0.482. The van der Waals surface area contributed by atoms with Crippen LogP contribution < -0.4 is 0 Å². The first-order valence-corrected chi connectivity index (χ1v) is 2.75. The lowest BCUT2D eigenvalue weighted by molar-refractivity contribution is 0.967. The highest BCUT2D eigenvalue weighted by atomic mass is 14.7. The number of aliphatic imine (C=N–C) groups is 1. The van der Waals surface area contributed by atoms with Gasteiger partial charge in [0.05, 0.1) is 0 Å². The molecule has 1 nitrogen and oxygen atoms in total. The Hall–Kier alpha value is -0.850. The van der Waals surface area contributed by atoms with E-state index in [4.69, 9.17) is 0 Å². The molecule has 0 aliphatic carbocycles. The van der Waals surface area contributed by atoms with Crippen molar-refractivity contribution < 1.29 is 0 Å². The van der Waals surface area contributed by atoms with Crippen LogP contribution in [0.4, 0.5) is 0 Å². The SMILES string of the molecule is C=CC1=CC=NCC1.